The summed E-state index contributed by atoms with van der Waals surface area (Å²) in [6, 6.07) is 0.159. The number of fused-ring (bicyclic) bond motifs is 1. The van der Waals surface area contributed by atoms with Gasteiger partial charge in [-0.05, 0) is 53.5 Å². The lowest BCUT2D eigenvalue weighted by Crippen LogP contribution is -2.48. The lowest BCUT2D eigenvalue weighted by Gasteiger charge is -2.32. The standard InChI is InChI=1S/C32H41F3N6O4S/c1-7-19(29(42)45-31(4,5)6)15-40-13-11-22-26(40)32(34,35)17-41(22)16-21-24(30(43)44-8-2)25(20-9-10-23(33)37-18(20)3)39-27(38-21)28-36-12-14-46-28/h9-10,12,14,19,22,25-26H,7-8,11,13,15-17H2,1-6H3,(H,38,39)/t19?,22-,25+,26+/m0/s1. The number of hydrogen-bond acceptors (Lipinski definition) is 11. The summed E-state index contributed by atoms with van der Waals surface area (Å²) in [4.78, 5) is 43.0. The Labute approximate surface area is 271 Å². The zero-order valence-corrected chi connectivity index (χ0v) is 27.8. The molecule has 2 fully saturated rings. The van der Waals surface area contributed by atoms with E-state index in [-0.39, 0.29) is 25.3 Å². The Morgan fingerprint density at radius 1 is 1.22 bits per heavy atom. The van der Waals surface area contributed by atoms with Gasteiger partial charge >= 0.3 is 11.9 Å². The zero-order valence-electron chi connectivity index (χ0n) is 27.0. The SMILES string of the molecule is CCOC(=O)C1=C(CN2CC(F)(F)[C@H]3[C@@H]2CCN3CC(CC)C(=O)OC(C)(C)C)NC(c2nccs2)=N[C@@H]1c1ccc(F)nc1C. The van der Waals surface area contributed by atoms with E-state index < -0.39 is 60.0 Å². The van der Waals surface area contributed by atoms with Gasteiger partial charge in [-0.25, -0.2) is 23.5 Å². The molecule has 0 aliphatic carbocycles. The quantitative estimate of drug-likeness (QED) is 0.287. The van der Waals surface area contributed by atoms with Crippen LogP contribution in [0.15, 0.2) is 40.0 Å². The van der Waals surface area contributed by atoms with E-state index >= 15 is 8.78 Å². The minimum absolute atomic E-state index is 0.0173. The third kappa shape index (κ3) is 7.13. The Bertz CT molecular complexity index is 1510. The molecule has 3 aliphatic heterocycles. The van der Waals surface area contributed by atoms with Crippen LogP contribution in [0.3, 0.4) is 0 Å². The van der Waals surface area contributed by atoms with Crippen LogP contribution in [0.2, 0.25) is 0 Å². The number of aliphatic imine (C=N–C) groups is 1. The van der Waals surface area contributed by atoms with Crippen molar-refractivity contribution in [3.8, 4) is 0 Å². The first-order valence-corrected chi connectivity index (χ1v) is 16.5. The predicted octanol–water partition coefficient (Wildman–Crippen LogP) is 4.66. The van der Waals surface area contributed by atoms with Crippen molar-refractivity contribution >= 4 is 29.1 Å². The third-order valence-corrected chi connectivity index (χ3v) is 9.26. The summed E-state index contributed by atoms with van der Waals surface area (Å²) in [5, 5.41) is 5.54. The molecule has 14 heteroatoms. The van der Waals surface area contributed by atoms with Crippen molar-refractivity contribution in [2.75, 3.05) is 32.8 Å². The number of esters is 2. The number of carbonyl (C=O) groups is 2. The average molecular weight is 663 g/mol. The Morgan fingerprint density at radius 3 is 2.61 bits per heavy atom. The summed E-state index contributed by atoms with van der Waals surface area (Å²) >= 11 is 1.33. The van der Waals surface area contributed by atoms with Crippen LogP contribution in [-0.2, 0) is 19.1 Å². The summed E-state index contributed by atoms with van der Waals surface area (Å²) in [6.07, 6.45) is 2.55. The molecule has 250 valence electrons. The van der Waals surface area contributed by atoms with Crippen LogP contribution in [0.1, 0.15) is 69.8 Å². The highest BCUT2D eigenvalue weighted by Gasteiger charge is 2.59. The molecule has 0 amide bonds. The molecule has 1 unspecified atom stereocenters. The Hall–Kier alpha value is -3.36. The van der Waals surface area contributed by atoms with Crippen LogP contribution in [0.25, 0.3) is 0 Å². The minimum Gasteiger partial charge on any atom is -0.463 e. The van der Waals surface area contributed by atoms with E-state index in [1.54, 1.807) is 56.0 Å². The molecule has 2 aromatic rings. The number of halogens is 3. The topological polar surface area (TPSA) is 109 Å². The lowest BCUT2D eigenvalue weighted by molar-refractivity contribution is -0.161. The Balaban J connectivity index is 1.48. The van der Waals surface area contributed by atoms with Gasteiger partial charge in [-0.15, -0.1) is 11.3 Å². The molecule has 3 aliphatic rings. The smallest absolute Gasteiger partial charge is 0.338 e. The van der Waals surface area contributed by atoms with Crippen LogP contribution in [0.4, 0.5) is 13.2 Å². The normalized spacial score (nSPS) is 23.9. The van der Waals surface area contributed by atoms with Crippen molar-refractivity contribution in [1.29, 1.82) is 0 Å². The van der Waals surface area contributed by atoms with Gasteiger partial charge in [0.05, 0.1) is 30.7 Å². The number of nitrogens with zero attached hydrogens (tertiary/aromatic N) is 5. The number of aromatic nitrogens is 2. The van der Waals surface area contributed by atoms with Gasteiger partial charge in [0.15, 0.2) is 10.8 Å². The molecule has 5 heterocycles. The second kappa shape index (κ2) is 13.4. The number of hydrogen-bond donors (Lipinski definition) is 1. The van der Waals surface area contributed by atoms with Gasteiger partial charge in [-0.2, -0.15) is 4.39 Å². The van der Waals surface area contributed by atoms with Crippen LogP contribution >= 0.6 is 11.3 Å². The highest BCUT2D eigenvalue weighted by Crippen LogP contribution is 2.43. The van der Waals surface area contributed by atoms with Crippen LogP contribution < -0.4 is 5.32 Å². The fourth-order valence-corrected chi connectivity index (χ4v) is 7.13. The maximum absolute atomic E-state index is 15.9. The molecule has 2 aromatic heterocycles. The molecular weight excluding hydrogens is 621 g/mol. The highest BCUT2D eigenvalue weighted by atomic mass is 32.1. The van der Waals surface area contributed by atoms with Gasteiger partial charge in [0.1, 0.15) is 11.6 Å². The van der Waals surface area contributed by atoms with Gasteiger partial charge in [0.2, 0.25) is 5.95 Å². The first-order chi connectivity index (χ1) is 21.7. The van der Waals surface area contributed by atoms with E-state index in [9.17, 15) is 14.0 Å². The molecule has 46 heavy (non-hydrogen) atoms. The third-order valence-electron chi connectivity index (χ3n) is 8.48. The molecule has 0 spiro atoms. The molecule has 0 bridgehead atoms. The molecule has 2 saturated heterocycles. The van der Waals surface area contributed by atoms with E-state index in [4.69, 9.17) is 14.5 Å². The summed E-state index contributed by atoms with van der Waals surface area (Å²) in [7, 11) is 0. The van der Waals surface area contributed by atoms with Crippen LogP contribution in [-0.4, -0.2) is 93.9 Å². The minimum atomic E-state index is -3.07. The van der Waals surface area contributed by atoms with E-state index in [1.807, 2.05) is 6.92 Å². The number of pyridine rings is 1. The monoisotopic (exact) mass is 662 g/mol. The predicted molar refractivity (Wildman–Crippen MR) is 167 cm³/mol. The molecule has 0 radical (unpaired) electrons. The maximum Gasteiger partial charge on any atom is 0.338 e. The van der Waals surface area contributed by atoms with Crippen molar-refractivity contribution in [3.63, 3.8) is 0 Å². The van der Waals surface area contributed by atoms with Gasteiger partial charge in [-0.3, -0.25) is 19.6 Å². The Morgan fingerprint density at radius 2 is 1.98 bits per heavy atom. The summed E-state index contributed by atoms with van der Waals surface area (Å²) < 4.78 is 56.8. The number of carbonyl (C=O) groups excluding carboxylic acids is 2. The zero-order chi connectivity index (χ0) is 33.4. The number of ether oxygens (including phenoxy) is 2. The van der Waals surface area contributed by atoms with Gasteiger partial charge in [-0.1, -0.05) is 13.0 Å². The van der Waals surface area contributed by atoms with E-state index in [0.29, 0.717) is 47.2 Å². The largest absolute Gasteiger partial charge is 0.463 e. The number of aryl methyl sites for hydroxylation is 1. The lowest BCUT2D eigenvalue weighted by atomic mass is 9.94. The van der Waals surface area contributed by atoms with Gasteiger partial charge < -0.3 is 14.8 Å². The van der Waals surface area contributed by atoms with Crippen LogP contribution in [0, 0.1) is 18.8 Å². The number of nitrogens with one attached hydrogen (secondary N) is 1. The number of alkyl halides is 2. The molecule has 1 N–H and O–H groups in total. The van der Waals surface area contributed by atoms with Crippen molar-refractivity contribution in [1.82, 2.24) is 25.1 Å². The van der Waals surface area contributed by atoms with Gasteiger partial charge in [0, 0.05) is 54.2 Å². The molecule has 0 saturated carbocycles. The fourth-order valence-electron chi connectivity index (χ4n) is 6.54. The Kier molecular flexibility index (Phi) is 9.90. The number of rotatable bonds is 10. The first kappa shape index (κ1) is 34.0. The van der Waals surface area contributed by atoms with Gasteiger partial charge in [0.25, 0.3) is 5.92 Å². The molecule has 10 nitrogen and oxygen atoms in total. The first-order valence-electron chi connectivity index (χ1n) is 15.6. The fraction of sp³-hybridized carbons (Fsp3) is 0.594. The van der Waals surface area contributed by atoms with Crippen molar-refractivity contribution in [2.45, 2.75) is 84.0 Å². The number of likely N-dealkylation sites (tertiary alicyclic amines) is 2. The van der Waals surface area contributed by atoms with E-state index in [1.165, 1.54) is 23.5 Å². The second-order valence-electron chi connectivity index (χ2n) is 12.9. The van der Waals surface area contributed by atoms with Crippen molar-refractivity contribution < 1.29 is 32.2 Å². The molecule has 0 aromatic carbocycles. The summed E-state index contributed by atoms with van der Waals surface area (Å²) in [5.74, 6) is -4.96. The van der Waals surface area contributed by atoms with Crippen LogP contribution in [0.5, 0.6) is 0 Å². The average Bonchev–Trinajstić information content (AvgIpc) is 3.70. The number of thiazole rings is 1. The summed E-state index contributed by atoms with van der Waals surface area (Å²) in [5.41, 5.74) is 0.663. The van der Waals surface area contributed by atoms with E-state index in [0.717, 1.165) is 0 Å². The van der Waals surface area contributed by atoms with E-state index in [2.05, 4.69) is 15.3 Å². The van der Waals surface area contributed by atoms with Crippen molar-refractivity contribution in [2.24, 2.45) is 10.9 Å². The second-order valence-corrected chi connectivity index (χ2v) is 13.8. The molecule has 4 atom stereocenters. The van der Waals surface area contributed by atoms with Crippen molar-refractivity contribution in [3.05, 3.63) is 57.2 Å². The molecule has 5 rings (SSSR count). The molecular formula is C32H41F3N6O4S. The highest BCUT2D eigenvalue weighted by molar-refractivity contribution is 7.11. The maximum atomic E-state index is 15.9. The summed E-state index contributed by atoms with van der Waals surface area (Å²) in [6.45, 7) is 10.6. The number of amidine groups is 1.